The van der Waals surface area contributed by atoms with Crippen molar-refractivity contribution in [3.8, 4) is 0 Å². The van der Waals surface area contributed by atoms with Gasteiger partial charge in [-0.2, -0.15) is 0 Å². The summed E-state index contributed by atoms with van der Waals surface area (Å²) in [6.45, 7) is 12.0. The van der Waals surface area contributed by atoms with Crippen LogP contribution in [0.15, 0.2) is 0 Å². The monoisotopic (exact) mass is 267 g/mol. The third-order valence-corrected chi connectivity index (χ3v) is 4.73. The second-order valence-corrected chi connectivity index (χ2v) is 7.12. The van der Waals surface area contributed by atoms with Gasteiger partial charge in [-0.05, 0) is 58.7 Å². The van der Waals surface area contributed by atoms with Crippen LogP contribution in [0.3, 0.4) is 0 Å². The highest BCUT2D eigenvalue weighted by atomic mass is 15.2. The van der Waals surface area contributed by atoms with Crippen LogP contribution < -0.4 is 5.32 Å². The van der Waals surface area contributed by atoms with Gasteiger partial charge >= 0.3 is 0 Å². The zero-order chi connectivity index (χ0) is 13.8. The Bertz CT molecular complexity index is 255. The van der Waals surface area contributed by atoms with Crippen LogP contribution in [0.1, 0.15) is 46.5 Å². The van der Waals surface area contributed by atoms with Gasteiger partial charge in [0.15, 0.2) is 0 Å². The zero-order valence-corrected chi connectivity index (χ0v) is 13.4. The Balaban J connectivity index is 1.60. The molecule has 1 unspecified atom stereocenters. The van der Waals surface area contributed by atoms with Gasteiger partial charge in [-0.25, -0.2) is 0 Å². The summed E-state index contributed by atoms with van der Waals surface area (Å²) in [5.74, 6) is 0.803. The van der Waals surface area contributed by atoms with Crippen LogP contribution in [-0.2, 0) is 0 Å². The number of nitrogens with one attached hydrogen (secondary N) is 1. The van der Waals surface area contributed by atoms with Gasteiger partial charge in [0.25, 0.3) is 0 Å². The molecular weight excluding hydrogens is 234 g/mol. The number of likely N-dealkylation sites (tertiary alicyclic amines) is 1. The molecule has 0 radical (unpaired) electrons. The fraction of sp³-hybridized carbons (Fsp3) is 1.00. The van der Waals surface area contributed by atoms with Gasteiger partial charge in [0.2, 0.25) is 0 Å². The van der Waals surface area contributed by atoms with Crippen LogP contribution in [0.25, 0.3) is 0 Å². The molecule has 0 aromatic heterocycles. The minimum Gasteiger partial charge on any atom is -0.312 e. The summed E-state index contributed by atoms with van der Waals surface area (Å²) in [5.41, 5.74) is 0. The predicted molar refractivity (Wildman–Crippen MR) is 82.5 cm³/mol. The minimum absolute atomic E-state index is 0.682. The minimum atomic E-state index is 0.682. The maximum atomic E-state index is 3.79. The number of hydrogen-bond donors (Lipinski definition) is 1. The Morgan fingerprint density at radius 2 is 1.74 bits per heavy atom. The fourth-order valence-electron chi connectivity index (χ4n) is 3.16. The third kappa shape index (κ3) is 5.05. The molecule has 1 heterocycles. The molecule has 2 rings (SSSR count). The molecule has 1 saturated carbocycles. The highest BCUT2D eigenvalue weighted by molar-refractivity contribution is 4.87. The topological polar surface area (TPSA) is 18.5 Å². The van der Waals surface area contributed by atoms with Crippen LogP contribution in [0.2, 0.25) is 0 Å². The van der Waals surface area contributed by atoms with E-state index >= 15 is 0 Å². The van der Waals surface area contributed by atoms with Crippen molar-refractivity contribution in [3.63, 3.8) is 0 Å². The summed E-state index contributed by atoms with van der Waals surface area (Å²) >= 11 is 0. The Morgan fingerprint density at radius 1 is 1.11 bits per heavy atom. The third-order valence-electron chi connectivity index (χ3n) is 4.73. The molecule has 2 fully saturated rings. The molecule has 19 heavy (non-hydrogen) atoms. The number of nitrogens with zero attached hydrogens (tertiary/aromatic N) is 2. The maximum Gasteiger partial charge on any atom is 0.0192 e. The Morgan fingerprint density at radius 3 is 2.26 bits per heavy atom. The van der Waals surface area contributed by atoms with Crippen molar-refractivity contribution in [3.05, 3.63) is 0 Å². The van der Waals surface area contributed by atoms with E-state index in [9.17, 15) is 0 Å². The summed E-state index contributed by atoms with van der Waals surface area (Å²) in [6, 6.07) is 2.31. The van der Waals surface area contributed by atoms with Crippen molar-refractivity contribution < 1.29 is 0 Å². The van der Waals surface area contributed by atoms with Crippen LogP contribution in [0.4, 0.5) is 0 Å². The quantitative estimate of drug-likeness (QED) is 0.763. The molecule has 0 spiro atoms. The first-order valence-electron chi connectivity index (χ1n) is 8.24. The Kier molecular flexibility index (Phi) is 5.67. The van der Waals surface area contributed by atoms with Crippen molar-refractivity contribution in [2.24, 2.45) is 5.92 Å². The predicted octanol–water partition coefficient (Wildman–Crippen LogP) is 2.18. The Hall–Kier alpha value is -0.120. The lowest BCUT2D eigenvalue weighted by Crippen LogP contribution is -2.47. The van der Waals surface area contributed by atoms with Crippen molar-refractivity contribution >= 4 is 0 Å². The fourth-order valence-corrected chi connectivity index (χ4v) is 3.16. The molecule has 1 atom stereocenters. The van der Waals surface area contributed by atoms with Crippen LogP contribution >= 0.6 is 0 Å². The lowest BCUT2D eigenvalue weighted by atomic mass is 10.0. The molecule has 3 nitrogen and oxygen atoms in total. The molecule has 112 valence electrons. The second-order valence-electron chi connectivity index (χ2n) is 7.12. The lowest BCUT2D eigenvalue weighted by Gasteiger charge is -2.34. The SMILES string of the molecule is CC(C)CN1CCC(NCC(C)N(C)C2CC2)CC1. The molecule has 1 saturated heterocycles. The summed E-state index contributed by atoms with van der Waals surface area (Å²) in [4.78, 5) is 5.18. The van der Waals surface area contributed by atoms with Gasteiger partial charge in [0, 0.05) is 31.2 Å². The van der Waals surface area contributed by atoms with E-state index in [0.717, 1.165) is 24.5 Å². The summed E-state index contributed by atoms with van der Waals surface area (Å²) in [7, 11) is 2.29. The van der Waals surface area contributed by atoms with Crippen LogP contribution in [-0.4, -0.2) is 61.2 Å². The smallest absolute Gasteiger partial charge is 0.0192 e. The van der Waals surface area contributed by atoms with E-state index in [2.05, 4.69) is 42.9 Å². The standard InChI is InChI=1S/C16H33N3/c1-13(2)12-19-9-7-15(8-10-19)17-11-14(3)18(4)16-5-6-16/h13-17H,5-12H2,1-4H3. The summed E-state index contributed by atoms with van der Waals surface area (Å²) in [5, 5.41) is 3.79. The van der Waals surface area contributed by atoms with Gasteiger partial charge in [-0.3, -0.25) is 4.90 Å². The van der Waals surface area contributed by atoms with Crippen LogP contribution in [0, 0.1) is 5.92 Å². The number of hydrogen-bond acceptors (Lipinski definition) is 3. The second kappa shape index (κ2) is 7.05. The summed E-state index contributed by atoms with van der Waals surface area (Å²) < 4.78 is 0. The average molecular weight is 267 g/mol. The normalized spacial score (nSPS) is 24.3. The van der Waals surface area contributed by atoms with E-state index in [1.807, 2.05) is 0 Å². The molecular formula is C16H33N3. The highest BCUT2D eigenvalue weighted by Gasteiger charge is 2.29. The van der Waals surface area contributed by atoms with E-state index in [0.29, 0.717) is 6.04 Å². The number of rotatable bonds is 7. The molecule has 3 heteroatoms. The molecule has 0 bridgehead atoms. The Labute approximate surface area is 119 Å². The largest absolute Gasteiger partial charge is 0.312 e. The van der Waals surface area contributed by atoms with Crippen molar-refractivity contribution in [2.45, 2.75) is 64.6 Å². The van der Waals surface area contributed by atoms with Gasteiger partial charge in [-0.15, -0.1) is 0 Å². The van der Waals surface area contributed by atoms with E-state index < -0.39 is 0 Å². The number of piperidine rings is 1. The van der Waals surface area contributed by atoms with Crippen LogP contribution in [0.5, 0.6) is 0 Å². The molecule has 1 aliphatic carbocycles. The van der Waals surface area contributed by atoms with E-state index in [-0.39, 0.29) is 0 Å². The molecule has 0 amide bonds. The molecule has 0 aromatic rings. The number of likely N-dealkylation sites (N-methyl/N-ethyl adjacent to an activating group) is 1. The average Bonchev–Trinajstić information content (AvgIpc) is 3.20. The van der Waals surface area contributed by atoms with Crippen molar-refractivity contribution in [1.29, 1.82) is 0 Å². The van der Waals surface area contributed by atoms with Crippen molar-refractivity contribution in [2.75, 3.05) is 33.2 Å². The lowest BCUT2D eigenvalue weighted by molar-refractivity contribution is 0.170. The first-order valence-corrected chi connectivity index (χ1v) is 8.24. The first-order chi connectivity index (χ1) is 9.06. The summed E-state index contributed by atoms with van der Waals surface area (Å²) in [6.07, 6.45) is 5.47. The van der Waals surface area contributed by atoms with E-state index in [1.165, 1.54) is 45.3 Å². The molecule has 1 N–H and O–H groups in total. The molecule has 1 aliphatic heterocycles. The van der Waals surface area contributed by atoms with E-state index in [1.54, 1.807) is 0 Å². The maximum absolute atomic E-state index is 3.79. The highest BCUT2D eigenvalue weighted by Crippen LogP contribution is 2.26. The zero-order valence-electron chi connectivity index (χ0n) is 13.4. The van der Waals surface area contributed by atoms with Crippen molar-refractivity contribution in [1.82, 2.24) is 15.1 Å². The van der Waals surface area contributed by atoms with Gasteiger partial charge in [0.1, 0.15) is 0 Å². The van der Waals surface area contributed by atoms with Gasteiger partial charge in [0.05, 0.1) is 0 Å². The molecule has 2 aliphatic rings. The van der Waals surface area contributed by atoms with E-state index in [4.69, 9.17) is 0 Å². The first kappa shape index (κ1) is 15.3. The van der Waals surface area contributed by atoms with Gasteiger partial charge < -0.3 is 10.2 Å². The molecule has 0 aromatic carbocycles. The van der Waals surface area contributed by atoms with Gasteiger partial charge in [-0.1, -0.05) is 13.8 Å².